The number of rotatable bonds is 5. The Balaban J connectivity index is 2.40. The predicted molar refractivity (Wildman–Crippen MR) is 74.4 cm³/mol. The lowest BCUT2D eigenvalue weighted by atomic mass is 10.1. The molecule has 0 saturated carbocycles. The van der Waals surface area contributed by atoms with Gasteiger partial charge < -0.3 is 15.2 Å². The van der Waals surface area contributed by atoms with E-state index >= 15 is 0 Å². The van der Waals surface area contributed by atoms with Crippen LogP contribution < -0.4 is 10.6 Å². The lowest BCUT2D eigenvalue weighted by molar-refractivity contribution is 0.570. The zero-order chi connectivity index (χ0) is 13.8. The summed E-state index contributed by atoms with van der Waals surface area (Å²) in [7, 11) is 1.92. The summed E-state index contributed by atoms with van der Waals surface area (Å²) in [5.41, 5.74) is 7.44. The van der Waals surface area contributed by atoms with Crippen molar-refractivity contribution in [3.8, 4) is 0 Å². The maximum Gasteiger partial charge on any atom is 0.146 e. The van der Waals surface area contributed by atoms with Gasteiger partial charge in [0.05, 0.1) is 29.9 Å². The maximum absolute atomic E-state index is 14.0. The number of likely N-dealkylation sites (N-methyl/N-ethyl adjacent to an activating group) is 1. The number of benzene rings is 1. The van der Waals surface area contributed by atoms with E-state index in [4.69, 9.17) is 5.73 Å². The minimum atomic E-state index is -0.232. The molecule has 19 heavy (non-hydrogen) atoms. The van der Waals surface area contributed by atoms with Crippen LogP contribution in [0.5, 0.6) is 0 Å². The number of imidazole rings is 1. The van der Waals surface area contributed by atoms with Gasteiger partial charge in [-0.2, -0.15) is 0 Å². The second-order valence-electron chi connectivity index (χ2n) is 4.42. The fraction of sp³-hybridized carbons (Fsp3) is 0.357. The number of aryl methyl sites for hydroxylation is 1. The number of nitrogens with zero attached hydrogens (tertiary/aromatic N) is 3. The van der Waals surface area contributed by atoms with Gasteiger partial charge in [-0.05, 0) is 19.1 Å². The van der Waals surface area contributed by atoms with Crippen molar-refractivity contribution in [3.05, 3.63) is 48.3 Å². The maximum atomic E-state index is 14.0. The number of anilines is 1. The molecular weight excluding hydrogens is 243 g/mol. The zero-order valence-electron chi connectivity index (χ0n) is 11.3. The number of para-hydroxylation sites is 1. The van der Waals surface area contributed by atoms with Crippen LogP contribution in [0.3, 0.4) is 0 Å². The van der Waals surface area contributed by atoms with Crippen molar-refractivity contribution in [2.75, 3.05) is 18.0 Å². The molecule has 4 nitrogen and oxygen atoms in total. The van der Waals surface area contributed by atoms with Crippen molar-refractivity contribution in [2.45, 2.75) is 13.0 Å². The van der Waals surface area contributed by atoms with Crippen LogP contribution in [0.1, 0.15) is 18.7 Å². The topological polar surface area (TPSA) is 47.1 Å². The third kappa shape index (κ3) is 2.61. The van der Waals surface area contributed by atoms with E-state index in [1.165, 1.54) is 6.07 Å². The molecule has 0 radical (unpaired) electrons. The second-order valence-corrected chi connectivity index (χ2v) is 4.42. The normalized spacial score (nSPS) is 12.4. The third-order valence-electron chi connectivity index (χ3n) is 3.30. The van der Waals surface area contributed by atoms with E-state index in [0.717, 1.165) is 5.69 Å². The molecule has 2 N–H and O–H groups in total. The highest BCUT2D eigenvalue weighted by Crippen LogP contribution is 2.27. The van der Waals surface area contributed by atoms with Gasteiger partial charge in [0, 0.05) is 20.1 Å². The van der Waals surface area contributed by atoms with Crippen LogP contribution in [-0.4, -0.2) is 22.6 Å². The molecule has 1 unspecified atom stereocenters. The molecule has 0 saturated heterocycles. The van der Waals surface area contributed by atoms with E-state index in [0.29, 0.717) is 18.8 Å². The first-order valence-electron chi connectivity index (χ1n) is 6.36. The third-order valence-corrected chi connectivity index (χ3v) is 3.30. The molecule has 0 amide bonds. The lowest BCUT2D eigenvalue weighted by Gasteiger charge is -2.32. The zero-order valence-corrected chi connectivity index (χ0v) is 11.3. The van der Waals surface area contributed by atoms with Crippen LogP contribution in [0, 0.1) is 5.82 Å². The Morgan fingerprint density at radius 3 is 2.68 bits per heavy atom. The van der Waals surface area contributed by atoms with Crippen LogP contribution in [0.2, 0.25) is 0 Å². The molecule has 0 bridgehead atoms. The molecule has 1 atom stereocenters. The summed E-state index contributed by atoms with van der Waals surface area (Å²) in [5, 5.41) is 0. The minimum absolute atomic E-state index is 0.0885. The van der Waals surface area contributed by atoms with E-state index in [2.05, 4.69) is 4.98 Å². The summed E-state index contributed by atoms with van der Waals surface area (Å²) in [6.45, 7) is 3.07. The van der Waals surface area contributed by atoms with Crippen LogP contribution in [0.25, 0.3) is 0 Å². The summed E-state index contributed by atoms with van der Waals surface area (Å²) >= 11 is 0. The predicted octanol–water partition coefficient (Wildman–Crippen LogP) is 2.09. The minimum Gasteiger partial charge on any atom is -0.360 e. The van der Waals surface area contributed by atoms with Gasteiger partial charge in [0.2, 0.25) is 0 Å². The van der Waals surface area contributed by atoms with Gasteiger partial charge in [0.15, 0.2) is 0 Å². The molecule has 0 spiro atoms. The van der Waals surface area contributed by atoms with Gasteiger partial charge in [0.25, 0.3) is 0 Å². The number of hydrogen-bond acceptors (Lipinski definition) is 3. The summed E-state index contributed by atoms with van der Waals surface area (Å²) in [6, 6.07) is 6.67. The SMILES string of the molecule is CCN(c1ccccc1F)C(CN)c1cncn1C. The Morgan fingerprint density at radius 1 is 1.42 bits per heavy atom. The van der Waals surface area contributed by atoms with Gasteiger partial charge in [-0.15, -0.1) is 0 Å². The second kappa shape index (κ2) is 5.84. The van der Waals surface area contributed by atoms with Crippen LogP contribution in [0.15, 0.2) is 36.8 Å². The number of hydrogen-bond donors (Lipinski definition) is 1. The van der Waals surface area contributed by atoms with E-state index < -0.39 is 0 Å². The Labute approximate surface area is 112 Å². The van der Waals surface area contributed by atoms with Gasteiger partial charge >= 0.3 is 0 Å². The molecule has 1 heterocycles. The quantitative estimate of drug-likeness (QED) is 0.897. The number of nitrogens with two attached hydrogens (primary N) is 1. The Kier molecular flexibility index (Phi) is 4.16. The fourth-order valence-electron chi connectivity index (χ4n) is 2.34. The van der Waals surface area contributed by atoms with Gasteiger partial charge in [-0.25, -0.2) is 9.37 Å². The van der Waals surface area contributed by atoms with Gasteiger partial charge in [0.1, 0.15) is 5.82 Å². The summed E-state index contributed by atoms with van der Waals surface area (Å²) in [6.07, 6.45) is 3.51. The van der Waals surface area contributed by atoms with Crippen molar-refractivity contribution < 1.29 is 4.39 Å². The van der Waals surface area contributed by atoms with E-state index in [-0.39, 0.29) is 11.9 Å². The Morgan fingerprint density at radius 2 is 2.16 bits per heavy atom. The molecule has 1 aromatic carbocycles. The molecule has 102 valence electrons. The van der Waals surface area contributed by atoms with Gasteiger partial charge in [-0.1, -0.05) is 12.1 Å². The highest BCUT2D eigenvalue weighted by atomic mass is 19.1. The van der Waals surface area contributed by atoms with E-state index in [9.17, 15) is 4.39 Å². The summed E-state index contributed by atoms with van der Waals surface area (Å²) < 4.78 is 15.9. The molecule has 2 rings (SSSR count). The highest BCUT2D eigenvalue weighted by molar-refractivity contribution is 5.49. The molecule has 0 aliphatic heterocycles. The molecule has 2 aromatic rings. The van der Waals surface area contributed by atoms with Crippen LogP contribution in [0.4, 0.5) is 10.1 Å². The molecule has 0 aliphatic carbocycles. The molecule has 5 heteroatoms. The highest BCUT2D eigenvalue weighted by Gasteiger charge is 2.22. The Hall–Kier alpha value is -1.88. The van der Waals surface area contributed by atoms with Crippen molar-refractivity contribution in [2.24, 2.45) is 12.8 Å². The monoisotopic (exact) mass is 262 g/mol. The van der Waals surface area contributed by atoms with E-state index in [1.54, 1.807) is 24.7 Å². The average molecular weight is 262 g/mol. The lowest BCUT2D eigenvalue weighted by Crippen LogP contribution is -2.35. The number of aromatic nitrogens is 2. The van der Waals surface area contributed by atoms with Gasteiger partial charge in [-0.3, -0.25) is 0 Å². The standard InChI is InChI=1S/C14H19FN4/c1-3-19(12-7-5-4-6-11(12)15)13(8-16)14-9-17-10-18(14)2/h4-7,9-10,13H,3,8,16H2,1-2H3. The first-order chi connectivity index (χ1) is 9.19. The molecule has 0 fully saturated rings. The average Bonchev–Trinajstić information content (AvgIpc) is 2.83. The number of halogens is 1. The summed E-state index contributed by atoms with van der Waals surface area (Å²) in [4.78, 5) is 6.07. The van der Waals surface area contributed by atoms with Crippen LogP contribution in [-0.2, 0) is 7.05 Å². The van der Waals surface area contributed by atoms with Crippen molar-refractivity contribution in [1.29, 1.82) is 0 Å². The van der Waals surface area contributed by atoms with Crippen molar-refractivity contribution in [3.63, 3.8) is 0 Å². The molecule has 1 aromatic heterocycles. The smallest absolute Gasteiger partial charge is 0.146 e. The largest absolute Gasteiger partial charge is 0.360 e. The molecule has 0 aliphatic rings. The van der Waals surface area contributed by atoms with E-state index in [1.807, 2.05) is 29.5 Å². The molecular formula is C14H19FN4. The Bertz CT molecular complexity index is 538. The first-order valence-corrected chi connectivity index (χ1v) is 6.36. The van der Waals surface area contributed by atoms with Crippen LogP contribution >= 0.6 is 0 Å². The summed E-state index contributed by atoms with van der Waals surface area (Å²) in [5.74, 6) is -0.232. The fourth-order valence-corrected chi connectivity index (χ4v) is 2.34. The first kappa shape index (κ1) is 13.5. The van der Waals surface area contributed by atoms with Crippen molar-refractivity contribution >= 4 is 5.69 Å². The van der Waals surface area contributed by atoms with Crippen molar-refractivity contribution in [1.82, 2.24) is 9.55 Å².